The Kier molecular flexibility index (Phi) is 6.05. The SMILES string of the molecule is C[C@@H](C(=O)Nc1cnccn1)c1ccc(CNN2CCOCC2)cc1. The van der Waals surface area contributed by atoms with Crippen LogP contribution in [0.5, 0.6) is 0 Å². The topological polar surface area (TPSA) is 79.4 Å². The molecule has 1 aromatic carbocycles. The maximum absolute atomic E-state index is 12.3. The van der Waals surface area contributed by atoms with Crippen molar-refractivity contribution in [2.45, 2.75) is 19.4 Å². The number of carbonyl (C=O) groups is 1. The third-order valence-corrected chi connectivity index (χ3v) is 4.21. The summed E-state index contributed by atoms with van der Waals surface area (Å²) in [5.41, 5.74) is 5.55. The van der Waals surface area contributed by atoms with Crippen LogP contribution in [0.2, 0.25) is 0 Å². The zero-order chi connectivity index (χ0) is 17.5. The van der Waals surface area contributed by atoms with Crippen molar-refractivity contribution < 1.29 is 9.53 Å². The highest BCUT2D eigenvalue weighted by Gasteiger charge is 2.16. The van der Waals surface area contributed by atoms with Gasteiger partial charge in [0.2, 0.25) is 5.91 Å². The lowest BCUT2D eigenvalue weighted by molar-refractivity contribution is -0.117. The molecule has 7 heteroatoms. The van der Waals surface area contributed by atoms with E-state index in [0.717, 1.165) is 38.4 Å². The highest BCUT2D eigenvalue weighted by Crippen LogP contribution is 2.18. The first-order valence-electron chi connectivity index (χ1n) is 8.44. The van der Waals surface area contributed by atoms with Crippen molar-refractivity contribution in [2.24, 2.45) is 0 Å². The van der Waals surface area contributed by atoms with E-state index in [1.807, 2.05) is 19.1 Å². The van der Waals surface area contributed by atoms with Crippen LogP contribution in [0.25, 0.3) is 0 Å². The molecule has 1 aromatic heterocycles. The van der Waals surface area contributed by atoms with Crippen LogP contribution in [-0.2, 0) is 16.1 Å². The maximum atomic E-state index is 12.3. The normalized spacial score (nSPS) is 16.4. The average molecular weight is 341 g/mol. The van der Waals surface area contributed by atoms with E-state index in [4.69, 9.17) is 4.74 Å². The van der Waals surface area contributed by atoms with Crippen LogP contribution >= 0.6 is 0 Å². The summed E-state index contributed by atoms with van der Waals surface area (Å²) < 4.78 is 5.33. The first kappa shape index (κ1) is 17.5. The highest BCUT2D eigenvalue weighted by molar-refractivity contribution is 5.94. The summed E-state index contributed by atoms with van der Waals surface area (Å²) in [6.07, 6.45) is 4.66. The third-order valence-electron chi connectivity index (χ3n) is 4.21. The zero-order valence-corrected chi connectivity index (χ0v) is 14.3. The molecule has 132 valence electrons. The van der Waals surface area contributed by atoms with Gasteiger partial charge in [-0.3, -0.25) is 15.2 Å². The van der Waals surface area contributed by atoms with Gasteiger partial charge in [-0.05, 0) is 18.1 Å². The van der Waals surface area contributed by atoms with Gasteiger partial charge in [-0.25, -0.2) is 9.99 Å². The van der Waals surface area contributed by atoms with E-state index in [1.54, 1.807) is 12.4 Å². The average Bonchev–Trinajstić information content (AvgIpc) is 2.68. The monoisotopic (exact) mass is 341 g/mol. The van der Waals surface area contributed by atoms with Gasteiger partial charge in [0.25, 0.3) is 0 Å². The van der Waals surface area contributed by atoms with Crippen molar-refractivity contribution in [3.05, 3.63) is 54.0 Å². The molecule has 25 heavy (non-hydrogen) atoms. The molecular weight excluding hydrogens is 318 g/mol. The van der Waals surface area contributed by atoms with Gasteiger partial charge in [0.05, 0.1) is 25.3 Å². The van der Waals surface area contributed by atoms with Gasteiger partial charge in [0.15, 0.2) is 5.82 Å². The Morgan fingerprint density at radius 3 is 2.68 bits per heavy atom. The molecule has 1 aliphatic rings. The Bertz CT molecular complexity index is 672. The molecule has 2 N–H and O–H groups in total. The van der Waals surface area contributed by atoms with Crippen LogP contribution in [0.1, 0.15) is 24.0 Å². The van der Waals surface area contributed by atoms with E-state index in [0.29, 0.717) is 5.82 Å². The summed E-state index contributed by atoms with van der Waals surface area (Å²) in [5.74, 6) is 0.105. The van der Waals surface area contributed by atoms with E-state index in [1.165, 1.54) is 11.8 Å². The third kappa shape index (κ3) is 5.06. The Labute approximate surface area is 147 Å². The molecule has 1 atom stereocenters. The predicted molar refractivity (Wildman–Crippen MR) is 94.8 cm³/mol. The predicted octanol–water partition coefficient (Wildman–Crippen LogP) is 1.56. The van der Waals surface area contributed by atoms with Gasteiger partial charge in [0.1, 0.15) is 0 Å². The molecule has 0 unspecified atom stereocenters. The molecule has 0 bridgehead atoms. The number of amides is 1. The lowest BCUT2D eigenvalue weighted by Crippen LogP contribution is -2.45. The lowest BCUT2D eigenvalue weighted by Gasteiger charge is -2.27. The second-order valence-corrected chi connectivity index (χ2v) is 5.98. The lowest BCUT2D eigenvalue weighted by atomic mass is 9.99. The Balaban J connectivity index is 1.52. The molecule has 0 spiro atoms. The van der Waals surface area contributed by atoms with Crippen molar-refractivity contribution in [2.75, 3.05) is 31.6 Å². The number of hydrazine groups is 1. The van der Waals surface area contributed by atoms with Gasteiger partial charge in [-0.1, -0.05) is 24.3 Å². The standard InChI is InChI=1S/C18H23N5O2/c1-14(18(24)22-17-13-19-6-7-20-17)16-4-2-15(3-5-16)12-21-23-8-10-25-11-9-23/h2-7,13-14,21H,8-12H2,1H3,(H,20,22,24)/t14-/m1/s1. The van der Waals surface area contributed by atoms with Crippen molar-refractivity contribution in [3.8, 4) is 0 Å². The van der Waals surface area contributed by atoms with E-state index < -0.39 is 0 Å². The summed E-state index contributed by atoms with van der Waals surface area (Å²) in [6, 6.07) is 8.10. The van der Waals surface area contributed by atoms with Crippen molar-refractivity contribution in [1.29, 1.82) is 0 Å². The molecule has 2 aromatic rings. The number of hydrogen-bond acceptors (Lipinski definition) is 6. The first-order valence-corrected chi connectivity index (χ1v) is 8.44. The summed E-state index contributed by atoms with van der Waals surface area (Å²) in [4.78, 5) is 20.3. The summed E-state index contributed by atoms with van der Waals surface area (Å²) in [5, 5.41) is 4.95. The number of nitrogens with one attached hydrogen (secondary N) is 2. The fraction of sp³-hybridized carbons (Fsp3) is 0.389. The number of rotatable bonds is 6. The van der Waals surface area contributed by atoms with E-state index in [9.17, 15) is 4.79 Å². The van der Waals surface area contributed by atoms with Gasteiger partial charge >= 0.3 is 0 Å². The minimum absolute atomic E-state index is 0.0975. The molecule has 7 nitrogen and oxygen atoms in total. The van der Waals surface area contributed by atoms with Gasteiger partial charge < -0.3 is 10.1 Å². The molecule has 0 saturated carbocycles. The molecule has 0 aliphatic carbocycles. The molecule has 1 saturated heterocycles. The molecular formula is C18H23N5O2. The molecule has 1 amide bonds. The fourth-order valence-electron chi connectivity index (χ4n) is 2.60. The Hall–Kier alpha value is -2.35. The van der Waals surface area contributed by atoms with Crippen LogP contribution in [0.15, 0.2) is 42.9 Å². The quantitative estimate of drug-likeness (QED) is 0.830. The van der Waals surface area contributed by atoms with Crippen molar-refractivity contribution >= 4 is 11.7 Å². The smallest absolute Gasteiger partial charge is 0.232 e. The number of aromatic nitrogens is 2. The Morgan fingerprint density at radius 2 is 2.00 bits per heavy atom. The second-order valence-electron chi connectivity index (χ2n) is 5.98. The number of nitrogens with zero attached hydrogens (tertiary/aromatic N) is 3. The summed E-state index contributed by atoms with van der Waals surface area (Å²) in [7, 11) is 0. The largest absolute Gasteiger partial charge is 0.379 e. The molecule has 3 rings (SSSR count). The maximum Gasteiger partial charge on any atom is 0.232 e. The molecule has 0 radical (unpaired) electrons. The molecule has 2 heterocycles. The van der Waals surface area contributed by atoms with Crippen LogP contribution in [0.4, 0.5) is 5.82 Å². The van der Waals surface area contributed by atoms with Crippen LogP contribution < -0.4 is 10.7 Å². The number of anilines is 1. The van der Waals surface area contributed by atoms with Gasteiger partial charge in [-0.15, -0.1) is 0 Å². The minimum atomic E-state index is -0.261. The van der Waals surface area contributed by atoms with Gasteiger partial charge in [-0.2, -0.15) is 0 Å². The minimum Gasteiger partial charge on any atom is -0.379 e. The number of carbonyl (C=O) groups excluding carboxylic acids is 1. The van der Waals surface area contributed by atoms with Crippen molar-refractivity contribution in [3.63, 3.8) is 0 Å². The summed E-state index contributed by atoms with van der Waals surface area (Å²) >= 11 is 0. The van der Waals surface area contributed by atoms with E-state index in [2.05, 4.69) is 37.9 Å². The Morgan fingerprint density at radius 1 is 1.24 bits per heavy atom. The second kappa shape index (κ2) is 8.66. The molecule has 1 fully saturated rings. The number of hydrogen-bond donors (Lipinski definition) is 2. The summed E-state index contributed by atoms with van der Waals surface area (Å²) in [6.45, 7) is 5.98. The molecule has 1 aliphatic heterocycles. The van der Waals surface area contributed by atoms with Crippen LogP contribution in [-0.4, -0.2) is 47.2 Å². The van der Waals surface area contributed by atoms with Crippen molar-refractivity contribution in [1.82, 2.24) is 20.4 Å². The zero-order valence-electron chi connectivity index (χ0n) is 14.3. The van der Waals surface area contributed by atoms with E-state index >= 15 is 0 Å². The number of benzene rings is 1. The van der Waals surface area contributed by atoms with E-state index in [-0.39, 0.29) is 11.8 Å². The fourth-order valence-corrected chi connectivity index (χ4v) is 2.60. The van der Waals surface area contributed by atoms with Crippen LogP contribution in [0, 0.1) is 0 Å². The highest BCUT2D eigenvalue weighted by atomic mass is 16.5. The first-order chi connectivity index (χ1) is 12.2. The van der Waals surface area contributed by atoms with Crippen LogP contribution in [0.3, 0.4) is 0 Å². The number of ether oxygens (including phenoxy) is 1. The number of morpholine rings is 1. The van der Waals surface area contributed by atoms with Gasteiger partial charge in [0, 0.05) is 32.0 Å².